The topological polar surface area (TPSA) is 63.1 Å². The van der Waals surface area contributed by atoms with Gasteiger partial charge in [0.1, 0.15) is 5.82 Å². The van der Waals surface area contributed by atoms with Gasteiger partial charge in [-0.25, -0.2) is 4.39 Å². The molecule has 1 aliphatic heterocycles. The summed E-state index contributed by atoms with van der Waals surface area (Å²) < 4.78 is 15.2. The summed E-state index contributed by atoms with van der Waals surface area (Å²) in [5, 5.41) is 12.4. The summed E-state index contributed by atoms with van der Waals surface area (Å²) in [6.07, 6.45) is 5.40. The maximum absolute atomic E-state index is 13.0. The second-order valence-corrected chi connectivity index (χ2v) is 8.81. The molecule has 1 atom stereocenters. The van der Waals surface area contributed by atoms with Crippen molar-refractivity contribution in [2.45, 2.75) is 55.5 Å². The first-order valence-electron chi connectivity index (χ1n) is 10.0. The number of hydrogen-bond acceptors (Lipinski definition) is 5. The molecule has 1 aromatic carbocycles. The van der Waals surface area contributed by atoms with E-state index in [1.165, 1.54) is 36.7 Å². The lowest BCUT2D eigenvalue weighted by Crippen LogP contribution is -2.32. The lowest BCUT2D eigenvalue weighted by atomic mass is 10.1. The third-order valence-corrected chi connectivity index (χ3v) is 6.28. The molecule has 1 amide bonds. The first-order chi connectivity index (χ1) is 13.6. The van der Waals surface area contributed by atoms with Crippen molar-refractivity contribution < 1.29 is 9.18 Å². The Morgan fingerprint density at radius 1 is 1.25 bits per heavy atom. The SMILES string of the molecule is C[C@@H](Sc1nnc(N2CCCC2)n1C1CC1)C(=O)NCCc1ccc(F)cc1. The van der Waals surface area contributed by atoms with Crippen LogP contribution in [0.15, 0.2) is 29.4 Å². The van der Waals surface area contributed by atoms with E-state index in [1.807, 2.05) is 6.92 Å². The Kier molecular flexibility index (Phi) is 5.85. The molecule has 2 heterocycles. The Labute approximate surface area is 168 Å². The Hall–Kier alpha value is -2.09. The highest BCUT2D eigenvalue weighted by molar-refractivity contribution is 8.00. The number of anilines is 1. The van der Waals surface area contributed by atoms with Crippen LogP contribution in [0.3, 0.4) is 0 Å². The van der Waals surface area contributed by atoms with Crippen LogP contribution in [0.2, 0.25) is 0 Å². The fourth-order valence-corrected chi connectivity index (χ4v) is 4.41. The molecule has 1 N–H and O–H groups in total. The highest BCUT2D eigenvalue weighted by atomic mass is 32.2. The number of aromatic nitrogens is 3. The van der Waals surface area contributed by atoms with E-state index in [4.69, 9.17) is 0 Å². The quantitative estimate of drug-likeness (QED) is 0.686. The fourth-order valence-electron chi connectivity index (χ4n) is 3.47. The van der Waals surface area contributed by atoms with Crippen molar-refractivity contribution in [3.05, 3.63) is 35.6 Å². The van der Waals surface area contributed by atoms with Gasteiger partial charge in [0.05, 0.1) is 5.25 Å². The number of nitrogens with one attached hydrogen (secondary N) is 1. The molecule has 1 saturated carbocycles. The van der Waals surface area contributed by atoms with Gasteiger partial charge in [0, 0.05) is 25.7 Å². The molecule has 150 valence electrons. The molecule has 1 saturated heterocycles. The number of amides is 1. The number of rotatable bonds is 8. The summed E-state index contributed by atoms with van der Waals surface area (Å²) in [6.45, 7) is 4.51. The summed E-state index contributed by atoms with van der Waals surface area (Å²) >= 11 is 1.48. The molecule has 0 unspecified atom stereocenters. The lowest BCUT2D eigenvalue weighted by molar-refractivity contribution is -0.120. The highest BCUT2D eigenvalue weighted by Gasteiger charge is 2.33. The molecule has 4 rings (SSSR count). The zero-order valence-electron chi connectivity index (χ0n) is 16.1. The van der Waals surface area contributed by atoms with Crippen molar-refractivity contribution in [3.63, 3.8) is 0 Å². The van der Waals surface area contributed by atoms with Gasteiger partial charge in [-0.15, -0.1) is 10.2 Å². The molecule has 28 heavy (non-hydrogen) atoms. The first kappa shape index (κ1) is 19.2. The Morgan fingerprint density at radius 3 is 2.64 bits per heavy atom. The number of carbonyl (C=O) groups excluding carboxylic acids is 1. The smallest absolute Gasteiger partial charge is 0.233 e. The van der Waals surface area contributed by atoms with E-state index < -0.39 is 0 Å². The molecular weight excluding hydrogens is 377 g/mol. The Morgan fingerprint density at radius 2 is 1.96 bits per heavy atom. The normalized spacial score (nSPS) is 17.7. The first-order valence-corrected chi connectivity index (χ1v) is 10.9. The minimum atomic E-state index is -0.249. The molecule has 0 radical (unpaired) electrons. The van der Waals surface area contributed by atoms with Gasteiger partial charge in [0.25, 0.3) is 0 Å². The predicted octanol–water partition coefficient (Wildman–Crippen LogP) is 3.19. The minimum Gasteiger partial charge on any atom is -0.355 e. The molecule has 1 aliphatic carbocycles. The van der Waals surface area contributed by atoms with Gasteiger partial charge >= 0.3 is 0 Å². The van der Waals surface area contributed by atoms with Gasteiger partial charge < -0.3 is 10.2 Å². The van der Waals surface area contributed by atoms with Gasteiger partial charge in [-0.1, -0.05) is 23.9 Å². The average molecular weight is 404 g/mol. The highest BCUT2D eigenvalue weighted by Crippen LogP contribution is 2.42. The second kappa shape index (κ2) is 8.51. The van der Waals surface area contributed by atoms with E-state index in [1.54, 1.807) is 12.1 Å². The zero-order chi connectivity index (χ0) is 19.5. The summed E-state index contributed by atoms with van der Waals surface area (Å²) in [5.74, 6) is 0.706. The third-order valence-electron chi connectivity index (χ3n) is 5.23. The van der Waals surface area contributed by atoms with Crippen LogP contribution in [0.4, 0.5) is 10.3 Å². The van der Waals surface area contributed by atoms with Gasteiger partial charge in [0.15, 0.2) is 5.16 Å². The van der Waals surface area contributed by atoms with E-state index in [0.717, 1.165) is 42.6 Å². The van der Waals surface area contributed by atoms with Crippen LogP contribution in [0.25, 0.3) is 0 Å². The van der Waals surface area contributed by atoms with Crippen LogP contribution >= 0.6 is 11.8 Å². The number of carbonyl (C=O) groups is 1. The number of thioether (sulfide) groups is 1. The maximum atomic E-state index is 13.0. The number of halogens is 1. The maximum Gasteiger partial charge on any atom is 0.233 e. The number of nitrogens with zero attached hydrogens (tertiary/aromatic N) is 4. The van der Waals surface area contributed by atoms with E-state index in [2.05, 4.69) is 25.0 Å². The molecule has 6 nitrogen and oxygen atoms in total. The van der Waals surface area contributed by atoms with Gasteiger partial charge in [-0.2, -0.15) is 0 Å². The summed E-state index contributed by atoms with van der Waals surface area (Å²) in [5.41, 5.74) is 1.01. The number of hydrogen-bond donors (Lipinski definition) is 1. The predicted molar refractivity (Wildman–Crippen MR) is 108 cm³/mol. The van der Waals surface area contributed by atoms with Crippen LogP contribution in [-0.4, -0.2) is 45.6 Å². The van der Waals surface area contributed by atoms with Gasteiger partial charge in [-0.3, -0.25) is 9.36 Å². The largest absolute Gasteiger partial charge is 0.355 e. The molecule has 0 spiro atoms. The zero-order valence-corrected chi connectivity index (χ0v) is 16.9. The standard InChI is InChI=1S/C20H26FN5OS/c1-14(18(27)22-11-10-15-4-6-16(21)7-5-15)28-20-24-23-19(25-12-2-3-13-25)26(20)17-8-9-17/h4-7,14,17H,2-3,8-13H2,1H3,(H,22,27)/t14-/m1/s1. The van der Waals surface area contributed by atoms with Crippen LogP contribution < -0.4 is 10.2 Å². The molecule has 2 aliphatic rings. The van der Waals surface area contributed by atoms with Gasteiger partial charge in [0.2, 0.25) is 11.9 Å². The molecule has 8 heteroatoms. The molecule has 2 aromatic rings. The van der Waals surface area contributed by atoms with Crippen molar-refractivity contribution in [1.82, 2.24) is 20.1 Å². The fraction of sp³-hybridized carbons (Fsp3) is 0.550. The van der Waals surface area contributed by atoms with Crippen molar-refractivity contribution in [2.75, 3.05) is 24.5 Å². The van der Waals surface area contributed by atoms with E-state index >= 15 is 0 Å². The van der Waals surface area contributed by atoms with Crippen LogP contribution in [0, 0.1) is 5.82 Å². The minimum absolute atomic E-state index is 0.0137. The van der Waals surface area contributed by atoms with Crippen LogP contribution in [-0.2, 0) is 11.2 Å². The monoisotopic (exact) mass is 403 g/mol. The molecule has 0 bridgehead atoms. The van der Waals surface area contributed by atoms with E-state index in [9.17, 15) is 9.18 Å². The molecule has 2 fully saturated rings. The molecular formula is C20H26FN5OS. The van der Waals surface area contributed by atoms with Crippen LogP contribution in [0.1, 0.15) is 44.2 Å². The number of benzene rings is 1. The summed E-state index contributed by atoms with van der Waals surface area (Å²) in [4.78, 5) is 14.8. The van der Waals surface area contributed by atoms with Crippen LogP contribution in [0.5, 0.6) is 0 Å². The second-order valence-electron chi connectivity index (χ2n) is 7.51. The van der Waals surface area contributed by atoms with Crippen molar-refractivity contribution >= 4 is 23.6 Å². The van der Waals surface area contributed by atoms with E-state index in [-0.39, 0.29) is 17.0 Å². The molecule has 1 aromatic heterocycles. The Bertz CT molecular complexity index is 815. The lowest BCUT2D eigenvalue weighted by Gasteiger charge is -2.18. The van der Waals surface area contributed by atoms with E-state index in [0.29, 0.717) is 19.0 Å². The van der Waals surface area contributed by atoms with Gasteiger partial charge in [-0.05, 0) is 56.7 Å². The summed E-state index contributed by atoms with van der Waals surface area (Å²) in [6, 6.07) is 6.85. The van der Waals surface area contributed by atoms with Crippen molar-refractivity contribution in [3.8, 4) is 0 Å². The van der Waals surface area contributed by atoms with Crippen molar-refractivity contribution in [1.29, 1.82) is 0 Å². The average Bonchev–Trinajstić information content (AvgIpc) is 3.21. The third kappa shape index (κ3) is 4.48. The summed E-state index contributed by atoms with van der Waals surface area (Å²) in [7, 11) is 0. The van der Waals surface area contributed by atoms with Crippen molar-refractivity contribution in [2.24, 2.45) is 0 Å². The Balaban J connectivity index is 1.33.